The van der Waals surface area contributed by atoms with Crippen LogP contribution in [0.3, 0.4) is 0 Å². The Labute approximate surface area is 133 Å². The van der Waals surface area contributed by atoms with E-state index in [0.717, 1.165) is 22.7 Å². The van der Waals surface area contributed by atoms with Crippen molar-refractivity contribution in [1.82, 2.24) is 19.8 Å². The molecule has 0 fully saturated rings. The summed E-state index contributed by atoms with van der Waals surface area (Å²) in [6.45, 7) is 2.90. The number of nitrogens with zero attached hydrogens (tertiary/aromatic N) is 3. The third-order valence-corrected chi connectivity index (χ3v) is 4.51. The summed E-state index contributed by atoms with van der Waals surface area (Å²) in [5.74, 6) is 0.924. The molecule has 6 nitrogen and oxygen atoms in total. The molecule has 116 valence electrons. The van der Waals surface area contributed by atoms with Crippen LogP contribution >= 0.6 is 11.5 Å². The molecule has 2 aromatic rings. The number of rotatable bonds is 4. The molecule has 1 aliphatic rings. The molecule has 0 saturated carbocycles. The summed E-state index contributed by atoms with van der Waals surface area (Å²) in [5, 5.41) is 6.81. The molecule has 22 heavy (non-hydrogen) atoms. The Balaban J connectivity index is 1.49. The van der Waals surface area contributed by atoms with Gasteiger partial charge >= 0.3 is 6.03 Å². The van der Waals surface area contributed by atoms with Crippen molar-refractivity contribution in [3.05, 3.63) is 40.4 Å². The highest BCUT2D eigenvalue weighted by molar-refractivity contribution is 7.05. The third-order valence-electron chi connectivity index (χ3n) is 3.68. The highest BCUT2D eigenvalue weighted by atomic mass is 32.1. The first-order valence-electron chi connectivity index (χ1n) is 7.15. The largest absolute Gasteiger partial charge is 0.488 e. The zero-order chi connectivity index (χ0) is 15.5. The summed E-state index contributed by atoms with van der Waals surface area (Å²) in [5.41, 5.74) is 2.06. The van der Waals surface area contributed by atoms with Crippen LogP contribution in [0.5, 0.6) is 5.75 Å². The quantitative estimate of drug-likeness (QED) is 0.936. The molecule has 0 aliphatic carbocycles. The molecule has 2 heterocycles. The Kier molecular flexibility index (Phi) is 4.24. The van der Waals surface area contributed by atoms with E-state index >= 15 is 0 Å². The van der Waals surface area contributed by atoms with Gasteiger partial charge in [0, 0.05) is 13.5 Å². The first-order valence-corrected chi connectivity index (χ1v) is 7.92. The number of para-hydroxylation sites is 1. The number of urea groups is 1. The van der Waals surface area contributed by atoms with Crippen LogP contribution in [0.2, 0.25) is 0 Å². The first-order chi connectivity index (χ1) is 10.6. The lowest BCUT2D eigenvalue weighted by molar-refractivity contribution is 0.164. The molecule has 0 spiro atoms. The van der Waals surface area contributed by atoms with Gasteiger partial charge in [0.25, 0.3) is 0 Å². The predicted molar refractivity (Wildman–Crippen MR) is 84.1 cm³/mol. The lowest BCUT2D eigenvalue weighted by Crippen LogP contribution is -2.42. The van der Waals surface area contributed by atoms with Crippen LogP contribution in [0.15, 0.2) is 24.3 Å². The summed E-state index contributed by atoms with van der Waals surface area (Å²) in [7, 11) is 1.78. The first kappa shape index (κ1) is 14.8. The Bertz CT molecular complexity index is 648. The van der Waals surface area contributed by atoms with Gasteiger partial charge in [-0.3, -0.25) is 0 Å². The van der Waals surface area contributed by atoms with Crippen molar-refractivity contribution in [3.8, 4) is 5.75 Å². The van der Waals surface area contributed by atoms with E-state index in [0.29, 0.717) is 13.1 Å². The topological polar surface area (TPSA) is 67.4 Å². The number of benzene rings is 1. The summed E-state index contributed by atoms with van der Waals surface area (Å²) in [4.78, 5) is 14.8. The van der Waals surface area contributed by atoms with E-state index in [1.807, 2.05) is 25.1 Å². The smallest absolute Gasteiger partial charge is 0.317 e. The fourth-order valence-electron chi connectivity index (χ4n) is 2.45. The number of aryl methyl sites for hydroxylation is 1. The van der Waals surface area contributed by atoms with Crippen LogP contribution in [-0.2, 0) is 13.0 Å². The molecule has 1 aliphatic heterocycles. The van der Waals surface area contributed by atoms with Gasteiger partial charge in [0.2, 0.25) is 0 Å². The maximum atomic E-state index is 12.1. The Morgan fingerprint density at radius 3 is 3.05 bits per heavy atom. The second kappa shape index (κ2) is 6.31. The summed E-state index contributed by atoms with van der Waals surface area (Å²) in [6.07, 6.45) is 0.853. The van der Waals surface area contributed by atoms with Crippen LogP contribution in [-0.4, -0.2) is 40.2 Å². The number of ether oxygens (including phenoxy) is 1. The molecule has 0 radical (unpaired) electrons. The van der Waals surface area contributed by atoms with Crippen molar-refractivity contribution in [2.45, 2.75) is 26.0 Å². The molecule has 1 N–H and O–H groups in total. The van der Waals surface area contributed by atoms with E-state index in [1.165, 1.54) is 17.1 Å². The Morgan fingerprint density at radius 2 is 2.32 bits per heavy atom. The van der Waals surface area contributed by atoms with Gasteiger partial charge in [0.15, 0.2) is 0 Å². The molecule has 7 heteroatoms. The van der Waals surface area contributed by atoms with Crippen molar-refractivity contribution < 1.29 is 9.53 Å². The van der Waals surface area contributed by atoms with Gasteiger partial charge < -0.3 is 15.0 Å². The van der Waals surface area contributed by atoms with Gasteiger partial charge in [-0.15, -0.1) is 5.10 Å². The number of likely N-dealkylation sites (N-methyl/N-ethyl adjacent to an activating group) is 1. The highest BCUT2D eigenvalue weighted by Crippen LogP contribution is 2.28. The lowest BCUT2D eigenvalue weighted by Gasteiger charge is -2.21. The predicted octanol–water partition coefficient (Wildman–Crippen LogP) is 1.99. The number of aromatic nitrogens is 2. The molecule has 0 bridgehead atoms. The van der Waals surface area contributed by atoms with Gasteiger partial charge in [-0.25, -0.2) is 4.79 Å². The van der Waals surface area contributed by atoms with Gasteiger partial charge in [0.05, 0.1) is 23.7 Å². The minimum Gasteiger partial charge on any atom is -0.488 e. The molecular weight excluding hydrogens is 300 g/mol. The maximum Gasteiger partial charge on any atom is 0.317 e. The second-order valence-electron chi connectivity index (χ2n) is 5.37. The lowest BCUT2D eigenvalue weighted by atomic mass is 10.1. The average Bonchev–Trinajstić information content (AvgIpc) is 3.10. The standard InChI is InChI=1S/C15H18N4O2S/c1-10-14(22-18-17-10)8-16-15(20)19(2)9-12-7-11-5-3-4-6-13(11)21-12/h3-6,12H,7-9H2,1-2H3,(H,16,20)/t12-/m0/s1. The Morgan fingerprint density at radius 1 is 1.50 bits per heavy atom. The SMILES string of the molecule is Cc1nnsc1CNC(=O)N(C)C[C@@H]1Cc2ccccc2O1. The van der Waals surface area contributed by atoms with Crippen LogP contribution < -0.4 is 10.1 Å². The van der Waals surface area contributed by atoms with E-state index in [-0.39, 0.29) is 12.1 Å². The fourth-order valence-corrected chi connectivity index (χ4v) is 3.02. The van der Waals surface area contributed by atoms with Crippen molar-refractivity contribution >= 4 is 17.6 Å². The molecule has 1 atom stereocenters. The van der Waals surface area contributed by atoms with Crippen molar-refractivity contribution in [3.63, 3.8) is 0 Å². The normalized spacial score (nSPS) is 16.0. The third kappa shape index (κ3) is 3.19. The second-order valence-corrected chi connectivity index (χ2v) is 6.21. The minimum atomic E-state index is -0.118. The number of carbonyl (C=O) groups is 1. The zero-order valence-corrected chi connectivity index (χ0v) is 13.4. The number of fused-ring (bicyclic) bond motifs is 1. The molecule has 3 rings (SSSR count). The number of hydrogen-bond acceptors (Lipinski definition) is 5. The van der Waals surface area contributed by atoms with E-state index in [1.54, 1.807) is 11.9 Å². The number of amides is 2. The van der Waals surface area contributed by atoms with Gasteiger partial charge in [-0.2, -0.15) is 0 Å². The summed E-state index contributed by atoms with van der Waals surface area (Å²) in [6, 6.07) is 7.88. The van der Waals surface area contributed by atoms with Crippen molar-refractivity contribution in [1.29, 1.82) is 0 Å². The van der Waals surface area contributed by atoms with Gasteiger partial charge in [-0.1, -0.05) is 22.7 Å². The van der Waals surface area contributed by atoms with Crippen molar-refractivity contribution in [2.75, 3.05) is 13.6 Å². The summed E-state index contributed by atoms with van der Waals surface area (Å²) < 4.78 is 9.72. The van der Waals surface area contributed by atoms with Crippen LogP contribution in [0.4, 0.5) is 4.79 Å². The highest BCUT2D eigenvalue weighted by Gasteiger charge is 2.25. The molecule has 2 amide bonds. The zero-order valence-electron chi connectivity index (χ0n) is 12.6. The van der Waals surface area contributed by atoms with E-state index in [9.17, 15) is 4.79 Å². The van der Waals surface area contributed by atoms with Crippen LogP contribution in [0.1, 0.15) is 16.1 Å². The fraction of sp³-hybridized carbons (Fsp3) is 0.400. The molecule has 0 unspecified atom stereocenters. The molecular formula is C15H18N4O2S. The van der Waals surface area contributed by atoms with Crippen molar-refractivity contribution in [2.24, 2.45) is 0 Å². The van der Waals surface area contributed by atoms with E-state index in [2.05, 4.69) is 21.0 Å². The molecule has 0 saturated heterocycles. The average molecular weight is 318 g/mol. The monoisotopic (exact) mass is 318 g/mol. The maximum absolute atomic E-state index is 12.1. The van der Waals surface area contributed by atoms with Crippen LogP contribution in [0.25, 0.3) is 0 Å². The number of carbonyl (C=O) groups excluding carboxylic acids is 1. The van der Waals surface area contributed by atoms with Crippen LogP contribution in [0, 0.1) is 6.92 Å². The van der Waals surface area contributed by atoms with E-state index < -0.39 is 0 Å². The Hall–Kier alpha value is -2.15. The molecule has 1 aromatic carbocycles. The number of nitrogens with one attached hydrogen (secondary N) is 1. The van der Waals surface area contributed by atoms with Gasteiger partial charge in [0.1, 0.15) is 11.9 Å². The van der Waals surface area contributed by atoms with Gasteiger partial charge in [-0.05, 0) is 30.1 Å². The number of hydrogen-bond donors (Lipinski definition) is 1. The molecule has 1 aromatic heterocycles. The minimum absolute atomic E-state index is 0.0138. The summed E-state index contributed by atoms with van der Waals surface area (Å²) >= 11 is 1.31. The van der Waals surface area contributed by atoms with E-state index in [4.69, 9.17) is 4.74 Å².